The molecule has 0 saturated heterocycles. The van der Waals surface area contributed by atoms with Crippen LogP contribution in [0.15, 0.2) is 23.1 Å². The summed E-state index contributed by atoms with van der Waals surface area (Å²) in [6.07, 6.45) is 1.92. The van der Waals surface area contributed by atoms with Gasteiger partial charge in [-0.25, -0.2) is 12.8 Å². The van der Waals surface area contributed by atoms with Crippen LogP contribution in [0.1, 0.15) is 18.4 Å². The fraction of sp³-hybridized carbons (Fsp3) is 0.400. The molecular formula is C10H11FO3S. The molecule has 3 nitrogen and oxygen atoms in total. The topological polar surface area (TPSA) is 54.4 Å². The zero-order valence-corrected chi connectivity index (χ0v) is 9.01. The molecule has 1 aliphatic carbocycles. The molecule has 15 heavy (non-hydrogen) atoms. The van der Waals surface area contributed by atoms with Crippen LogP contribution >= 0.6 is 0 Å². The van der Waals surface area contributed by atoms with Gasteiger partial charge in [-0.05, 0) is 18.9 Å². The second kappa shape index (κ2) is 3.02. The minimum absolute atomic E-state index is 0.185. The van der Waals surface area contributed by atoms with Crippen molar-refractivity contribution >= 4 is 9.84 Å². The van der Waals surface area contributed by atoms with Crippen molar-refractivity contribution in [2.24, 2.45) is 0 Å². The molecule has 2 rings (SSSR count). The quantitative estimate of drug-likeness (QED) is 0.830. The van der Waals surface area contributed by atoms with Crippen LogP contribution in [0, 0.1) is 5.82 Å². The van der Waals surface area contributed by atoms with E-state index < -0.39 is 21.3 Å². The van der Waals surface area contributed by atoms with Gasteiger partial charge in [0.1, 0.15) is 10.7 Å². The molecule has 0 atom stereocenters. The molecular weight excluding hydrogens is 219 g/mol. The molecule has 5 heteroatoms. The highest BCUT2D eigenvalue weighted by Gasteiger charge is 2.45. The Morgan fingerprint density at radius 1 is 1.40 bits per heavy atom. The summed E-state index contributed by atoms with van der Waals surface area (Å²) in [6, 6.07) is 3.97. The Bertz CT molecular complexity index is 503. The van der Waals surface area contributed by atoms with E-state index in [1.807, 2.05) is 0 Å². The monoisotopic (exact) mass is 230 g/mol. The first-order valence-electron chi connectivity index (χ1n) is 4.56. The predicted octanol–water partition coefficient (Wildman–Crippen LogP) is 1.21. The van der Waals surface area contributed by atoms with Gasteiger partial charge in [-0.15, -0.1) is 0 Å². The Balaban J connectivity index is 2.71. The maximum absolute atomic E-state index is 13.4. The molecule has 0 aromatic heterocycles. The van der Waals surface area contributed by atoms with E-state index in [1.165, 1.54) is 12.1 Å². The van der Waals surface area contributed by atoms with Gasteiger partial charge in [0.2, 0.25) is 0 Å². The lowest BCUT2D eigenvalue weighted by Crippen LogP contribution is -2.13. The van der Waals surface area contributed by atoms with E-state index in [9.17, 15) is 17.9 Å². The van der Waals surface area contributed by atoms with Crippen LogP contribution in [0.4, 0.5) is 4.39 Å². The molecule has 0 heterocycles. The Labute approximate surface area is 87.5 Å². The fourth-order valence-corrected chi connectivity index (χ4v) is 2.72. The summed E-state index contributed by atoms with van der Waals surface area (Å²) >= 11 is 0. The summed E-state index contributed by atoms with van der Waals surface area (Å²) in [5.41, 5.74) is -0.953. The van der Waals surface area contributed by atoms with Crippen molar-refractivity contribution in [3.8, 4) is 0 Å². The number of benzene rings is 1. The SMILES string of the molecule is CS(=O)(=O)c1c(F)cccc1C1(O)CC1. The largest absolute Gasteiger partial charge is 0.385 e. The van der Waals surface area contributed by atoms with Gasteiger partial charge in [-0.2, -0.15) is 0 Å². The van der Waals surface area contributed by atoms with Gasteiger partial charge in [-0.3, -0.25) is 0 Å². The minimum atomic E-state index is -3.64. The molecule has 1 N–H and O–H groups in total. The predicted molar refractivity (Wildman–Crippen MR) is 52.6 cm³/mol. The van der Waals surface area contributed by atoms with Crippen molar-refractivity contribution < 1.29 is 17.9 Å². The van der Waals surface area contributed by atoms with Crippen LogP contribution in [0.25, 0.3) is 0 Å². The molecule has 0 spiro atoms. The van der Waals surface area contributed by atoms with Crippen molar-refractivity contribution in [2.45, 2.75) is 23.3 Å². The number of sulfone groups is 1. The average Bonchev–Trinajstić information content (AvgIpc) is 2.82. The van der Waals surface area contributed by atoms with E-state index in [2.05, 4.69) is 0 Å². The van der Waals surface area contributed by atoms with Crippen LogP contribution in [-0.4, -0.2) is 19.8 Å². The minimum Gasteiger partial charge on any atom is -0.385 e. The van der Waals surface area contributed by atoms with E-state index in [4.69, 9.17) is 0 Å². The van der Waals surface area contributed by atoms with Crippen LogP contribution in [0.2, 0.25) is 0 Å². The molecule has 1 fully saturated rings. The molecule has 1 aromatic carbocycles. The van der Waals surface area contributed by atoms with Gasteiger partial charge in [0, 0.05) is 11.8 Å². The van der Waals surface area contributed by atoms with Crippen LogP contribution in [0.3, 0.4) is 0 Å². The van der Waals surface area contributed by atoms with Crippen LogP contribution in [0.5, 0.6) is 0 Å². The van der Waals surface area contributed by atoms with Gasteiger partial charge >= 0.3 is 0 Å². The van der Waals surface area contributed by atoms with E-state index in [1.54, 1.807) is 0 Å². The van der Waals surface area contributed by atoms with Crippen molar-refractivity contribution in [1.82, 2.24) is 0 Å². The molecule has 0 amide bonds. The molecule has 1 aliphatic rings. The summed E-state index contributed by atoms with van der Waals surface area (Å²) in [4.78, 5) is -0.370. The molecule has 0 unspecified atom stereocenters. The van der Waals surface area contributed by atoms with Crippen molar-refractivity contribution in [3.05, 3.63) is 29.6 Å². The first-order valence-corrected chi connectivity index (χ1v) is 6.45. The molecule has 82 valence electrons. The smallest absolute Gasteiger partial charge is 0.178 e. The number of hydrogen-bond donors (Lipinski definition) is 1. The zero-order chi connectivity index (χ0) is 11.3. The normalized spacial score (nSPS) is 18.9. The lowest BCUT2D eigenvalue weighted by Gasteiger charge is -2.13. The average molecular weight is 230 g/mol. The molecule has 0 aliphatic heterocycles. The van der Waals surface area contributed by atoms with Crippen molar-refractivity contribution in [2.75, 3.05) is 6.26 Å². The van der Waals surface area contributed by atoms with Gasteiger partial charge in [0.05, 0.1) is 5.60 Å². The van der Waals surface area contributed by atoms with Crippen LogP contribution in [-0.2, 0) is 15.4 Å². The van der Waals surface area contributed by atoms with Gasteiger partial charge in [0.15, 0.2) is 9.84 Å². The maximum Gasteiger partial charge on any atom is 0.178 e. The van der Waals surface area contributed by atoms with Gasteiger partial charge < -0.3 is 5.11 Å². The third kappa shape index (κ3) is 1.77. The summed E-state index contributed by atoms with van der Waals surface area (Å²) in [6.45, 7) is 0. The van der Waals surface area contributed by atoms with E-state index in [0.717, 1.165) is 12.3 Å². The third-order valence-electron chi connectivity index (χ3n) is 2.56. The summed E-state index contributed by atoms with van der Waals surface area (Å²) < 4.78 is 36.2. The van der Waals surface area contributed by atoms with Gasteiger partial charge in [-0.1, -0.05) is 12.1 Å². The molecule has 1 saturated carbocycles. The number of hydrogen-bond acceptors (Lipinski definition) is 3. The lowest BCUT2D eigenvalue weighted by atomic mass is 10.1. The summed E-state index contributed by atoms with van der Waals surface area (Å²) in [5.74, 6) is -0.796. The Hall–Kier alpha value is -0.940. The number of rotatable bonds is 2. The molecule has 1 aromatic rings. The first-order chi connectivity index (χ1) is 6.84. The Morgan fingerprint density at radius 2 is 2.00 bits per heavy atom. The third-order valence-corrected chi connectivity index (χ3v) is 3.72. The fourth-order valence-electron chi connectivity index (χ4n) is 1.64. The van der Waals surface area contributed by atoms with E-state index >= 15 is 0 Å². The van der Waals surface area contributed by atoms with Crippen molar-refractivity contribution in [3.63, 3.8) is 0 Å². The summed E-state index contributed by atoms with van der Waals surface area (Å²) in [5, 5.41) is 9.84. The van der Waals surface area contributed by atoms with E-state index in [-0.39, 0.29) is 10.5 Å². The number of aliphatic hydroxyl groups is 1. The molecule has 0 bridgehead atoms. The standard InChI is InChI=1S/C10H11FO3S/c1-15(13,14)9-7(10(12)5-6-10)3-2-4-8(9)11/h2-4,12H,5-6H2,1H3. The Morgan fingerprint density at radius 3 is 2.47 bits per heavy atom. The Kier molecular flexibility index (Phi) is 2.13. The summed E-state index contributed by atoms with van der Waals surface area (Å²) in [7, 11) is -3.64. The van der Waals surface area contributed by atoms with E-state index in [0.29, 0.717) is 12.8 Å². The van der Waals surface area contributed by atoms with Crippen LogP contribution < -0.4 is 0 Å². The second-order valence-corrected chi connectivity index (χ2v) is 5.87. The maximum atomic E-state index is 13.4. The number of halogens is 1. The van der Waals surface area contributed by atoms with Gasteiger partial charge in [0.25, 0.3) is 0 Å². The highest BCUT2D eigenvalue weighted by Crippen LogP contribution is 2.47. The zero-order valence-electron chi connectivity index (χ0n) is 8.20. The van der Waals surface area contributed by atoms with Crippen molar-refractivity contribution in [1.29, 1.82) is 0 Å². The second-order valence-electron chi connectivity index (χ2n) is 3.92. The highest BCUT2D eigenvalue weighted by molar-refractivity contribution is 7.90. The molecule has 0 radical (unpaired) electrons. The first kappa shape index (κ1) is 10.6. The lowest BCUT2D eigenvalue weighted by molar-refractivity contribution is 0.147. The highest BCUT2D eigenvalue weighted by atomic mass is 32.2.